The standard InChI is InChI=1S/C20H22FN3O6/c1-27-14-11-15(28-2)23-19(22-14)30-13-8-6-7-12(21)16(13)17(25)24-20(18(26)29-3)9-4-5-10-20/h6-8,11H,4-5,9-10H2,1-3H3,(H,24,25). The van der Waals surface area contributed by atoms with Gasteiger partial charge in [0.15, 0.2) is 0 Å². The Kier molecular flexibility index (Phi) is 6.34. The number of nitrogens with zero attached hydrogens (tertiary/aromatic N) is 2. The van der Waals surface area contributed by atoms with Crippen LogP contribution in [0.1, 0.15) is 36.0 Å². The minimum absolute atomic E-state index is 0.124. The zero-order chi connectivity index (χ0) is 21.7. The molecule has 1 saturated carbocycles. The first kappa shape index (κ1) is 21.3. The Morgan fingerprint density at radius 2 is 1.70 bits per heavy atom. The summed E-state index contributed by atoms with van der Waals surface area (Å²) in [6.07, 6.45) is 2.30. The number of carbonyl (C=O) groups is 2. The number of benzene rings is 1. The Hall–Kier alpha value is -3.43. The van der Waals surface area contributed by atoms with Crippen LogP contribution in [0, 0.1) is 5.82 Å². The monoisotopic (exact) mass is 419 g/mol. The van der Waals surface area contributed by atoms with Crippen molar-refractivity contribution < 1.29 is 32.9 Å². The second kappa shape index (κ2) is 8.93. The van der Waals surface area contributed by atoms with Gasteiger partial charge in [0.05, 0.1) is 27.4 Å². The summed E-state index contributed by atoms with van der Waals surface area (Å²) >= 11 is 0. The van der Waals surface area contributed by atoms with Crippen LogP contribution in [0.5, 0.6) is 23.5 Å². The van der Waals surface area contributed by atoms with Gasteiger partial charge in [-0.25, -0.2) is 9.18 Å². The molecule has 30 heavy (non-hydrogen) atoms. The lowest BCUT2D eigenvalue weighted by Crippen LogP contribution is -2.53. The molecule has 1 heterocycles. The van der Waals surface area contributed by atoms with E-state index in [1.54, 1.807) is 0 Å². The third-order valence-electron chi connectivity index (χ3n) is 4.87. The third-order valence-corrected chi connectivity index (χ3v) is 4.87. The molecule has 1 aromatic carbocycles. The molecule has 0 radical (unpaired) electrons. The van der Waals surface area contributed by atoms with E-state index in [2.05, 4.69) is 15.3 Å². The van der Waals surface area contributed by atoms with E-state index in [0.717, 1.165) is 18.9 Å². The van der Waals surface area contributed by atoms with Crippen molar-refractivity contribution in [2.75, 3.05) is 21.3 Å². The van der Waals surface area contributed by atoms with Crippen LogP contribution in [0.15, 0.2) is 24.3 Å². The molecule has 0 aliphatic heterocycles. The minimum atomic E-state index is -1.19. The Bertz CT molecular complexity index is 924. The summed E-state index contributed by atoms with van der Waals surface area (Å²) in [4.78, 5) is 33.3. The maximum Gasteiger partial charge on any atom is 0.331 e. The van der Waals surface area contributed by atoms with E-state index in [1.807, 2.05) is 0 Å². The number of hydrogen-bond donors (Lipinski definition) is 1. The maximum atomic E-state index is 14.6. The lowest BCUT2D eigenvalue weighted by Gasteiger charge is -2.27. The van der Waals surface area contributed by atoms with E-state index in [4.69, 9.17) is 18.9 Å². The Morgan fingerprint density at radius 1 is 1.07 bits per heavy atom. The zero-order valence-corrected chi connectivity index (χ0v) is 16.9. The quantitative estimate of drug-likeness (QED) is 0.683. The van der Waals surface area contributed by atoms with Crippen LogP contribution in [0.2, 0.25) is 0 Å². The molecule has 1 N–H and O–H groups in total. The van der Waals surface area contributed by atoms with Crippen molar-refractivity contribution in [1.29, 1.82) is 0 Å². The van der Waals surface area contributed by atoms with Crippen LogP contribution in [-0.2, 0) is 9.53 Å². The first-order valence-corrected chi connectivity index (χ1v) is 9.27. The highest BCUT2D eigenvalue weighted by Crippen LogP contribution is 2.33. The van der Waals surface area contributed by atoms with Gasteiger partial charge < -0.3 is 24.3 Å². The van der Waals surface area contributed by atoms with Gasteiger partial charge in [0, 0.05) is 0 Å². The molecular weight excluding hydrogens is 397 g/mol. The van der Waals surface area contributed by atoms with Gasteiger partial charge in [0.25, 0.3) is 5.91 Å². The zero-order valence-electron chi connectivity index (χ0n) is 16.9. The first-order chi connectivity index (χ1) is 14.4. The lowest BCUT2D eigenvalue weighted by molar-refractivity contribution is -0.148. The molecule has 10 heteroatoms. The highest BCUT2D eigenvalue weighted by molar-refractivity contribution is 6.00. The average molecular weight is 419 g/mol. The summed E-state index contributed by atoms with van der Waals surface area (Å²) in [5.41, 5.74) is -1.57. The van der Waals surface area contributed by atoms with Crippen LogP contribution in [0.4, 0.5) is 4.39 Å². The summed E-state index contributed by atoms with van der Waals surface area (Å²) in [5.74, 6) is -1.98. The number of halogens is 1. The summed E-state index contributed by atoms with van der Waals surface area (Å²) < 4.78 is 35.2. The van der Waals surface area contributed by atoms with Gasteiger partial charge in [-0.15, -0.1) is 0 Å². The summed E-state index contributed by atoms with van der Waals surface area (Å²) in [6, 6.07) is 5.13. The smallest absolute Gasteiger partial charge is 0.331 e. The van der Waals surface area contributed by atoms with Crippen LogP contribution in [0.3, 0.4) is 0 Å². The molecule has 9 nitrogen and oxygen atoms in total. The molecule has 3 rings (SSSR count). The molecule has 0 atom stereocenters. The molecular formula is C20H22FN3O6. The Labute approximate surface area is 172 Å². The summed E-state index contributed by atoms with van der Waals surface area (Å²) in [6.45, 7) is 0. The van der Waals surface area contributed by atoms with Crippen molar-refractivity contribution in [3.63, 3.8) is 0 Å². The predicted octanol–water partition coefficient (Wildman–Crippen LogP) is 2.64. The second-order valence-corrected chi connectivity index (χ2v) is 6.69. The van der Waals surface area contributed by atoms with Gasteiger partial charge in [-0.05, 0) is 25.0 Å². The molecule has 1 aliphatic carbocycles. The van der Waals surface area contributed by atoms with E-state index >= 15 is 0 Å². The maximum absolute atomic E-state index is 14.6. The van der Waals surface area contributed by atoms with Gasteiger partial charge in [-0.1, -0.05) is 18.9 Å². The highest BCUT2D eigenvalue weighted by Gasteiger charge is 2.44. The molecule has 1 aliphatic rings. The topological polar surface area (TPSA) is 109 Å². The average Bonchev–Trinajstić information content (AvgIpc) is 3.22. The van der Waals surface area contributed by atoms with E-state index in [-0.39, 0.29) is 29.1 Å². The number of rotatable bonds is 7. The number of nitrogens with one attached hydrogen (secondary N) is 1. The molecule has 160 valence electrons. The number of methoxy groups -OCH3 is 3. The van der Waals surface area contributed by atoms with E-state index < -0.39 is 23.2 Å². The van der Waals surface area contributed by atoms with Crippen molar-refractivity contribution in [3.05, 3.63) is 35.6 Å². The highest BCUT2D eigenvalue weighted by atomic mass is 19.1. The van der Waals surface area contributed by atoms with Crippen molar-refractivity contribution in [3.8, 4) is 23.5 Å². The fourth-order valence-electron chi connectivity index (χ4n) is 3.38. The normalized spacial score (nSPS) is 14.7. The van der Waals surface area contributed by atoms with E-state index in [9.17, 15) is 14.0 Å². The molecule has 1 amide bonds. The Morgan fingerprint density at radius 3 is 2.27 bits per heavy atom. The van der Waals surface area contributed by atoms with Gasteiger partial charge in [-0.3, -0.25) is 4.79 Å². The molecule has 1 aromatic heterocycles. The van der Waals surface area contributed by atoms with Gasteiger partial charge in [-0.2, -0.15) is 9.97 Å². The summed E-state index contributed by atoms with van der Waals surface area (Å²) in [7, 11) is 4.06. The van der Waals surface area contributed by atoms with E-state index in [0.29, 0.717) is 12.8 Å². The van der Waals surface area contributed by atoms with Crippen molar-refractivity contribution in [1.82, 2.24) is 15.3 Å². The number of aromatic nitrogens is 2. The van der Waals surface area contributed by atoms with Crippen LogP contribution >= 0.6 is 0 Å². The van der Waals surface area contributed by atoms with Crippen LogP contribution < -0.4 is 19.5 Å². The third kappa shape index (κ3) is 4.27. The largest absolute Gasteiger partial charge is 0.481 e. The molecule has 1 fully saturated rings. The minimum Gasteiger partial charge on any atom is -0.481 e. The molecule has 0 saturated heterocycles. The number of hydrogen-bond acceptors (Lipinski definition) is 8. The van der Waals surface area contributed by atoms with Crippen molar-refractivity contribution in [2.45, 2.75) is 31.2 Å². The predicted molar refractivity (Wildman–Crippen MR) is 102 cm³/mol. The Balaban J connectivity index is 1.93. The van der Waals surface area contributed by atoms with Gasteiger partial charge in [0.2, 0.25) is 11.8 Å². The molecule has 0 bridgehead atoms. The number of ether oxygens (including phenoxy) is 4. The molecule has 2 aromatic rings. The second-order valence-electron chi connectivity index (χ2n) is 6.69. The van der Waals surface area contributed by atoms with Crippen molar-refractivity contribution in [2.24, 2.45) is 0 Å². The van der Waals surface area contributed by atoms with Gasteiger partial charge >= 0.3 is 12.0 Å². The van der Waals surface area contributed by atoms with E-state index in [1.165, 1.54) is 39.5 Å². The molecule has 0 spiro atoms. The number of carbonyl (C=O) groups excluding carboxylic acids is 2. The fraction of sp³-hybridized carbons (Fsp3) is 0.400. The first-order valence-electron chi connectivity index (χ1n) is 9.27. The van der Waals surface area contributed by atoms with Gasteiger partial charge in [0.1, 0.15) is 22.7 Å². The summed E-state index contributed by atoms with van der Waals surface area (Å²) in [5, 5.41) is 2.65. The van der Waals surface area contributed by atoms with Crippen LogP contribution in [0.25, 0.3) is 0 Å². The number of amides is 1. The SMILES string of the molecule is COC(=O)C1(NC(=O)c2c(F)cccc2Oc2nc(OC)cc(OC)n2)CCCC1. The van der Waals surface area contributed by atoms with Crippen molar-refractivity contribution >= 4 is 11.9 Å². The fourth-order valence-corrected chi connectivity index (χ4v) is 3.38. The lowest BCUT2D eigenvalue weighted by atomic mass is 9.97. The number of esters is 1. The molecule has 0 unspecified atom stereocenters. The van der Waals surface area contributed by atoms with Crippen LogP contribution in [-0.4, -0.2) is 48.7 Å².